The van der Waals surface area contributed by atoms with E-state index >= 15 is 0 Å². The second-order valence-corrected chi connectivity index (χ2v) is 6.01. The van der Waals surface area contributed by atoms with Crippen molar-refractivity contribution in [3.63, 3.8) is 0 Å². The second-order valence-electron chi connectivity index (χ2n) is 6.01. The number of carbonyl (C=O) groups excluding carboxylic acids is 1. The molecule has 1 aromatic carbocycles. The molecule has 126 valence electrons. The molecule has 0 radical (unpaired) electrons. The van der Waals surface area contributed by atoms with E-state index in [1.54, 1.807) is 29.1 Å². The fourth-order valence-corrected chi connectivity index (χ4v) is 1.56. The van der Waals surface area contributed by atoms with Crippen LogP contribution in [0.2, 0.25) is 0 Å². The summed E-state index contributed by atoms with van der Waals surface area (Å²) in [6.07, 6.45) is 1.39. The molecule has 5 N–H and O–H groups in total. The van der Waals surface area contributed by atoms with Crippen molar-refractivity contribution in [1.29, 1.82) is 0 Å². The van der Waals surface area contributed by atoms with Crippen LogP contribution in [0, 0.1) is 0 Å². The van der Waals surface area contributed by atoms with Crippen molar-refractivity contribution in [2.24, 2.45) is 7.05 Å². The van der Waals surface area contributed by atoms with Gasteiger partial charge in [-0.1, -0.05) is 12.1 Å². The second kappa shape index (κ2) is 8.07. The third kappa shape index (κ3) is 8.35. The van der Waals surface area contributed by atoms with E-state index in [1.165, 1.54) is 0 Å². The van der Waals surface area contributed by atoms with Crippen molar-refractivity contribution >= 4 is 17.6 Å². The van der Waals surface area contributed by atoms with Crippen LogP contribution in [0.5, 0.6) is 0 Å². The van der Waals surface area contributed by atoms with E-state index in [-0.39, 0.29) is 0 Å². The molecule has 2 aromatic rings. The van der Waals surface area contributed by atoms with Crippen LogP contribution >= 0.6 is 0 Å². The van der Waals surface area contributed by atoms with Crippen molar-refractivity contribution < 1.29 is 9.53 Å². The number of carbonyl (C=O) groups is 1. The van der Waals surface area contributed by atoms with Crippen LogP contribution < -0.4 is 16.8 Å². The highest BCUT2D eigenvalue weighted by Crippen LogP contribution is 2.08. The van der Waals surface area contributed by atoms with Crippen LogP contribution in [0.1, 0.15) is 26.3 Å². The zero-order valence-electron chi connectivity index (χ0n) is 14.0. The highest BCUT2D eigenvalue weighted by molar-refractivity contribution is 5.67. The van der Waals surface area contributed by atoms with Gasteiger partial charge < -0.3 is 21.5 Å². The maximum absolute atomic E-state index is 11.3. The molecule has 1 heterocycles. The Bertz CT molecular complexity index is 598. The van der Waals surface area contributed by atoms with Crippen molar-refractivity contribution in [3.05, 3.63) is 42.1 Å². The molecule has 7 heteroatoms. The SMILES string of the molecule is CC(C)(C)OC(=O)NCc1ccc(N)cc1.Cn1ccc(N)n1. The number of nitrogen functional groups attached to an aromatic ring is 2. The Morgan fingerprint density at radius 1 is 1.22 bits per heavy atom. The molecular weight excluding hydrogens is 294 g/mol. The number of aryl methyl sites for hydroxylation is 1. The van der Waals surface area contributed by atoms with E-state index in [0.29, 0.717) is 18.1 Å². The van der Waals surface area contributed by atoms with E-state index in [1.807, 2.05) is 40.0 Å². The number of hydrogen-bond donors (Lipinski definition) is 3. The van der Waals surface area contributed by atoms with Crippen molar-refractivity contribution in [3.8, 4) is 0 Å². The quantitative estimate of drug-likeness (QED) is 0.736. The number of anilines is 2. The van der Waals surface area contributed by atoms with Gasteiger partial charge in [0, 0.05) is 25.5 Å². The van der Waals surface area contributed by atoms with E-state index in [0.717, 1.165) is 5.56 Å². The van der Waals surface area contributed by atoms with Crippen molar-refractivity contribution in [2.45, 2.75) is 32.9 Å². The number of alkyl carbamates (subject to hydrolysis) is 1. The predicted octanol–water partition coefficient (Wildman–Crippen LogP) is 2.30. The van der Waals surface area contributed by atoms with Crippen LogP contribution in [0.25, 0.3) is 0 Å². The molecule has 1 aromatic heterocycles. The number of amides is 1. The molecular formula is C16H25N5O2. The molecule has 0 saturated carbocycles. The van der Waals surface area contributed by atoms with Crippen LogP contribution in [0.15, 0.2) is 36.5 Å². The van der Waals surface area contributed by atoms with Gasteiger partial charge >= 0.3 is 6.09 Å². The fraction of sp³-hybridized carbons (Fsp3) is 0.375. The zero-order valence-corrected chi connectivity index (χ0v) is 14.0. The highest BCUT2D eigenvalue weighted by atomic mass is 16.6. The maximum Gasteiger partial charge on any atom is 0.407 e. The molecule has 0 unspecified atom stereocenters. The molecule has 0 fully saturated rings. The summed E-state index contributed by atoms with van der Waals surface area (Å²) in [6, 6.07) is 9.08. The Morgan fingerprint density at radius 3 is 2.22 bits per heavy atom. The summed E-state index contributed by atoms with van der Waals surface area (Å²) >= 11 is 0. The van der Waals surface area contributed by atoms with Crippen LogP contribution in [0.4, 0.5) is 16.3 Å². The van der Waals surface area contributed by atoms with Crippen LogP contribution in [-0.4, -0.2) is 21.5 Å². The van der Waals surface area contributed by atoms with Gasteiger partial charge in [-0.05, 0) is 44.5 Å². The molecule has 0 bridgehead atoms. The molecule has 0 saturated heterocycles. The summed E-state index contributed by atoms with van der Waals surface area (Å²) in [5.74, 6) is 0.572. The predicted molar refractivity (Wildman–Crippen MR) is 91.5 cm³/mol. The van der Waals surface area contributed by atoms with Crippen molar-refractivity contribution in [2.75, 3.05) is 11.5 Å². The smallest absolute Gasteiger partial charge is 0.407 e. The first-order valence-corrected chi connectivity index (χ1v) is 7.22. The van der Waals surface area contributed by atoms with E-state index in [4.69, 9.17) is 16.2 Å². The first kappa shape index (κ1) is 18.3. The third-order valence-corrected chi connectivity index (χ3v) is 2.55. The van der Waals surface area contributed by atoms with Gasteiger partial charge in [-0.15, -0.1) is 0 Å². The Morgan fingerprint density at radius 2 is 1.83 bits per heavy atom. The molecule has 0 aliphatic heterocycles. The van der Waals surface area contributed by atoms with Crippen LogP contribution in [-0.2, 0) is 18.3 Å². The Hall–Kier alpha value is -2.70. The molecule has 0 aliphatic carbocycles. The molecule has 0 aliphatic rings. The van der Waals surface area contributed by atoms with Gasteiger partial charge in [0.15, 0.2) is 0 Å². The van der Waals surface area contributed by atoms with E-state index < -0.39 is 11.7 Å². The molecule has 2 rings (SSSR count). The number of nitrogens with one attached hydrogen (secondary N) is 1. The lowest BCUT2D eigenvalue weighted by Gasteiger charge is -2.19. The summed E-state index contributed by atoms with van der Waals surface area (Å²) in [6.45, 7) is 5.93. The molecule has 1 amide bonds. The van der Waals surface area contributed by atoms with Gasteiger partial charge in [-0.2, -0.15) is 5.10 Å². The minimum Gasteiger partial charge on any atom is -0.444 e. The van der Waals surface area contributed by atoms with Crippen molar-refractivity contribution in [1.82, 2.24) is 15.1 Å². The first-order chi connectivity index (χ1) is 10.7. The Labute approximate surface area is 136 Å². The lowest BCUT2D eigenvalue weighted by Crippen LogP contribution is -2.32. The average Bonchev–Trinajstić information content (AvgIpc) is 2.80. The highest BCUT2D eigenvalue weighted by Gasteiger charge is 2.15. The number of benzene rings is 1. The lowest BCUT2D eigenvalue weighted by molar-refractivity contribution is 0.0523. The Kier molecular flexibility index (Phi) is 6.44. The summed E-state index contributed by atoms with van der Waals surface area (Å²) in [4.78, 5) is 11.3. The minimum atomic E-state index is -0.467. The topological polar surface area (TPSA) is 108 Å². The minimum absolute atomic E-state index is 0.413. The number of nitrogens with two attached hydrogens (primary N) is 2. The summed E-state index contributed by atoms with van der Waals surface area (Å²) in [5, 5.41) is 6.48. The number of rotatable bonds is 2. The van der Waals surface area contributed by atoms with Gasteiger partial charge in [0.25, 0.3) is 0 Å². The zero-order chi connectivity index (χ0) is 17.5. The monoisotopic (exact) mass is 319 g/mol. The molecule has 7 nitrogen and oxygen atoms in total. The number of hydrogen-bond acceptors (Lipinski definition) is 5. The lowest BCUT2D eigenvalue weighted by atomic mass is 10.2. The van der Waals surface area contributed by atoms with Gasteiger partial charge in [0.1, 0.15) is 11.4 Å². The third-order valence-electron chi connectivity index (χ3n) is 2.55. The average molecular weight is 319 g/mol. The molecule has 0 spiro atoms. The summed E-state index contributed by atoms with van der Waals surface area (Å²) < 4.78 is 6.77. The number of nitrogens with zero attached hydrogens (tertiary/aromatic N) is 2. The summed E-state index contributed by atoms with van der Waals surface area (Å²) in [7, 11) is 1.83. The summed E-state index contributed by atoms with van der Waals surface area (Å²) in [5.41, 5.74) is 12.0. The normalized spacial score (nSPS) is 10.4. The van der Waals surface area contributed by atoms with Gasteiger partial charge in [0.05, 0.1) is 0 Å². The fourth-order valence-electron chi connectivity index (χ4n) is 1.56. The largest absolute Gasteiger partial charge is 0.444 e. The van der Waals surface area contributed by atoms with Crippen LogP contribution in [0.3, 0.4) is 0 Å². The van der Waals surface area contributed by atoms with Gasteiger partial charge in [-0.3, -0.25) is 4.68 Å². The standard InChI is InChI=1S/C12H18N2O2.C4H7N3/c1-12(2,3)16-11(15)14-8-9-4-6-10(13)7-5-9;1-7-3-2-4(5)6-7/h4-7H,8,13H2,1-3H3,(H,14,15);2-3H,1H3,(H2,5,6). The molecule has 0 atom stereocenters. The van der Waals surface area contributed by atoms with Gasteiger partial charge in [0.2, 0.25) is 0 Å². The maximum atomic E-state index is 11.3. The molecule has 23 heavy (non-hydrogen) atoms. The van der Waals surface area contributed by atoms with E-state index in [2.05, 4.69) is 10.4 Å². The van der Waals surface area contributed by atoms with E-state index in [9.17, 15) is 4.79 Å². The number of aromatic nitrogens is 2. The van der Waals surface area contributed by atoms with Gasteiger partial charge in [-0.25, -0.2) is 4.79 Å². The number of ether oxygens (including phenoxy) is 1. The Balaban J connectivity index is 0.000000313. The first-order valence-electron chi connectivity index (χ1n) is 7.22.